The number of hydrogen-bond acceptors (Lipinski definition) is 4. The summed E-state index contributed by atoms with van der Waals surface area (Å²) < 4.78 is 0. The molecule has 6 heteroatoms. The minimum Gasteiger partial charge on any atom is -0.344 e. The van der Waals surface area contributed by atoms with Crippen LogP contribution in [-0.4, -0.2) is 21.7 Å². The van der Waals surface area contributed by atoms with Gasteiger partial charge in [-0.25, -0.2) is 4.98 Å². The SMILES string of the molecule is CC(=O)c1ccc(C(=O)NCc2nc3ccccc3[nH]2)s1. The summed E-state index contributed by atoms with van der Waals surface area (Å²) in [4.78, 5) is 31.9. The zero-order valence-corrected chi connectivity index (χ0v) is 12.2. The number of H-pyrrole nitrogens is 1. The fraction of sp³-hybridized carbons (Fsp3) is 0.133. The van der Waals surface area contributed by atoms with Crippen molar-refractivity contribution in [3.05, 3.63) is 52.0 Å². The van der Waals surface area contributed by atoms with E-state index < -0.39 is 0 Å². The fourth-order valence-electron chi connectivity index (χ4n) is 1.99. The molecule has 106 valence electrons. The molecule has 0 saturated heterocycles. The number of carbonyl (C=O) groups is 2. The monoisotopic (exact) mass is 299 g/mol. The number of nitrogens with zero attached hydrogens (tertiary/aromatic N) is 1. The molecule has 3 aromatic rings. The van der Waals surface area contributed by atoms with Gasteiger partial charge in [0, 0.05) is 0 Å². The molecule has 2 aromatic heterocycles. The van der Waals surface area contributed by atoms with Gasteiger partial charge in [0.2, 0.25) is 0 Å². The minimum absolute atomic E-state index is 0.0312. The van der Waals surface area contributed by atoms with Crippen molar-refractivity contribution in [2.45, 2.75) is 13.5 Å². The summed E-state index contributed by atoms with van der Waals surface area (Å²) in [5.74, 6) is 0.470. The van der Waals surface area contributed by atoms with Crippen LogP contribution in [0.3, 0.4) is 0 Å². The van der Waals surface area contributed by atoms with Gasteiger partial charge in [0.05, 0.1) is 27.3 Å². The number of amides is 1. The van der Waals surface area contributed by atoms with Crippen LogP contribution in [0.2, 0.25) is 0 Å². The van der Waals surface area contributed by atoms with Gasteiger partial charge in [-0.2, -0.15) is 0 Å². The molecule has 0 bridgehead atoms. The summed E-state index contributed by atoms with van der Waals surface area (Å²) in [5.41, 5.74) is 1.81. The number of imidazole rings is 1. The van der Waals surface area contributed by atoms with Crippen molar-refractivity contribution in [2.24, 2.45) is 0 Å². The second-order valence-corrected chi connectivity index (χ2v) is 5.69. The number of fused-ring (bicyclic) bond motifs is 1. The molecule has 0 radical (unpaired) electrons. The van der Waals surface area contributed by atoms with E-state index in [1.807, 2.05) is 24.3 Å². The van der Waals surface area contributed by atoms with Crippen LogP contribution < -0.4 is 5.32 Å². The lowest BCUT2D eigenvalue weighted by atomic mass is 10.3. The van der Waals surface area contributed by atoms with Gasteiger partial charge in [0.1, 0.15) is 5.82 Å². The molecule has 21 heavy (non-hydrogen) atoms. The Bertz CT molecular complexity index is 786. The summed E-state index contributed by atoms with van der Waals surface area (Å²) in [6, 6.07) is 11.0. The number of rotatable bonds is 4. The third-order valence-electron chi connectivity index (χ3n) is 3.03. The van der Waals surface area contributed by atoms with Crippen molar-refractivity contribution in [2.75, 3.05) is 0 Å². The Morgan fingerprint density at radius 2 is 1.95 bits per heavy atom. The molecule has 0 aliphatic rings. The lowest BCUT2D eigenvalue weighted by Gasteiger charge is -2.00. The predicted molar refractivity (Wildman–Crippen MR) is 81.6 cm³/mol. The van der Waals surface area contributed by atoms with Crippen molar-refractivity contribution >= 4 is 34.1 Å². The Morgan fingerprint density at radius 3 is 2.67 bits per heavy atom. The molecule has 0 aliphatic carbocycles. The van der Waals surface area contributed by atoms with E-state index in [1.54, 1.807) is 12.1 Å². The smallest absolute Gasteiger partial charge is 0.261 e. The minimum atomic E-state index is -0.201. The fourth-order valence-corrected chi connectivity index (χ4v) is 2.81. The van der Waals surface area contributed by atoms with E-state index >= 15 is 0 Å². The lowest BCUT2D eigenvalue weighted by Crippen LogP contribution is -2.22. The Balaban J connectivity index is 1.68. The molecule has 3 rings (SSSR count). The van der Waals surface area contributed by atoms with Crippen LogP contribution in [0.4, 0.5) is 0 Å². The second-order valence-electron chi connectivity index (χ2n) is 4.60. The summed E-state index contributed by atoms with van der Waals surface area (Å²) in [7, 11) is 0. The summed E-state index contributed by atoms with van der Waals surface area (Å²) >= 11 is 1.20. The zero-order chi connectivity index (χ0) is 14.8. The Morgan fingerprint density at radius 1 is 1.19 bits per heavy atom. The first kappa shape index (κ1) is 13.5. The van der Waals surface area contributed by atoms with Gasteiger partial charge in [0.15, 0.2) is 5.78 Å². The van der Waals surface area contributed by atoms with Crippen LogP contribution in [0.5, 0.6) is 0 Å². The molecule has 2 N–H and O–H groups in total. The molecule has 0 fully saturated rings. The van der Waals surface area contributed by atoms with Gasteiger partial charge in [-0.15, -0.1) is 11.3 Å². The van der Waals surface area contributed by atoms with Crippen LogP contribution in [0, 0.1) is 0 Å². The molecular formula is C15H13N3O2S. The molecule has 2 heterocycles. The van der Waals surface area contributed by atoms with E-state index in [1.165, 1.54) is 18.3 Å². The molecule has 0 atom stereocenters. The van der Waals surface area contributed by atoms with Crippen LogP contribution in [0.1, 0.15) is 32.1 Å². The maximum absolute atomic E-state index is 12.0. The third-order valence-corrected chi connectivity index (χ3v) is 4.22. The van der Waals surface area contributed by atoms with Gasteiger partial charge < -0.3 is 10.3 Å². The number of hydrogen-bond donors (Lipinski definition) is 2. The molecule has 1 amide bonds. The zero-order valence-electron chi connectivity index (χ0n) is 11.3. The number of para-hydroxylation sites is 2. The summed E-state index contributed by atoms with van der Waals surface area (Å²) in [6.45, 7) is 1.81. The number of carbonyl (C=O) groups excluding carboxylic acids is 2. The van der Waals surface area contributed by atoms with E-state index in [4.69, 9.17) is 0 Å². The second kappa shape index (κ2) is 5.49. The highest BCUT2D eigenvalue weighted by Crippen LogP contribution is 2.17. The van der Waals surface area contributed by atoms with E-state index in [0.29, 0.717) is 22.1 Å². The van der Waals surface area contributed by atoms with Gasteiger partial charge >= 0.3 is 0 Å². The number of aromatic amines is 1. The topological polar surface area (TPSA) is 74.8 Å². The Hall–Kier alpha value is -2.47. The largest absolute Gasteiger partial charge is 0.344 e. The number of benzene rings is 1. The predicted octanol–water partition coefficient (Wildman–Crippen LogP) is 2.76. The molecule has 5 nitrogen and oxygen atoms in total. The number of ketones is 1. The summed E-state index contributed by atoms with van der Waals surface area (Å²) in [5, 5.41) is 2.79. The van der Waals surface area contributed by atoms with Gasteiger partial charge in [0.25, 0.3) is 5.91 Å². The van der Waals surface area contributed by atoms with E-state index in [-0.39, 0.29) is 11.7 Å². The third kappa shape index (κ3) is 2.85. The standard InChI is InChI=1S/C15H13N3O2S/c1-9(19)12-6-7-13(21-12)15(20)16-8-14-17-10-4-2-3-5-11(10)18-14/h2-7H,8H2,1H3,(H,16,20)(H,17,18). The summed E-state index contributed by atoms with van der Waals surface area (Å²) in [6.07, 6.45) is 0. The maximum atomic E-state index is 12.0. The van der Waals surface area contributed by atoms with Crippen LogP contribution in [-0.2, 0) is 6.54 Å². The number of nitrogens with one attached hydrogen (secondary N) is 2. The molecule has 0 spiro atoms. The van der Waals surface area contributed by atoms with Crippen molar-refractivity contribution in [1.29, 1.82) is 0 Å². The highest BCUT2D eigenvalue weighted by Gasteiger charge is 2.11. The van der Waals surface area contributed by atoms with Gasteiger partial charge in [-0.3, -0.25) is 9.59 Å². The number of aromatic nitrogens is 2. The quantitative estimate of drug-likeness (QED) is 0.727. The van der Waals surface area contributed by atoms with Crippen molar-refractivity contribution in [3.63, 3.8) is 0 Å². The average Bonchev–Trinajstić information content (AvgIpc) is 3.11. The first-order valence-electron chi connectivity index (χ1n) is 6.46. The first-order chi connectivity index (χ1) is 10.1. The molecular weight excluding hydrogens is 286 g/mol. The molecule has 0 saturated carbocycles. The van der Waals surface area contributed by atoms with E-state index in [9.17, 15) is 9.59 Å². The molecule has 0 unspecified atom stereocenters. The van der Waals surface area contributed by atoms with Crippen LogP contribution in [0.15, 0.2) is 36.4 Å². The van der Waals surface area contributed by atoms with Crippen LogP contribution >= 0.6 is 11.3 Å². The van der Waals surface area contributed by atoms with Crippen LogP contribution in [0.25, 0.3) is 11.0 Å². The van der Waals surface area contributed by atoms with E-state index in [2.05, 4.69) is 15.3 Å². The highest BCUT2D eigenvalue weighted by molar-refractivity contribution is 7.15. The van der Waals surface area contributed by atoms with Gasteiger partial charge in [-0.1, -0.05) is 12.1 Å². The van der Waals surface area contributed by atoms with Crippen molar-refractivity contribution < 1.29 is 9.59 Å². The normalized spacial score (nSPS) is 10.7. The number of thiophene rings is 1. The number of Topliss-reactive ketones (excluding diaryl/α,β-unsaturated/α-hetero) is 1. The van der Waals surface area contributed by atoms with Crippen molar-refractivity contribution in [3.8, 4) is 0 Å². The Kier molecular flexibility index (Phi) is 3.53. The molecule has 0 aliphatic heterocycles. The average molecular weight is 299 g/mol. The first-order valence-corrected chi connectivity index (χ1v) is 7.28. The maximum Gasteiger partial charge on any atom is 0.261 e. The van der Waals surface area contributed by atoms with Crippen molar-refractivity contribution in [1.82, 2.24) is 15.3 Å². The lowest BCUT2D eigenvalue weighted by molar-refractivity contribution is 0.0953. The molecule has 1 aromatic carbocycles. The van der Waals surface area contributed by atoms with E-state index in [0.717, 1.165) is 11.0 Å². The Labute approximate surface area is 125 Å². The van der Waals surface area contributed by atoms with Gasteiger partial charge in [-0.05, 0) is 31.2 Å². The highest BCUT2D eigenvalue weighted by atomic mass is 32.1.